The number of nitrogens with one attached hydrogen (secondary N) is 1. The first-order valence-electron chi connectivity index (χ1n) is 6.27. The van der Waals surface area contributed by atoms with Crippen LogP contribution in [0.25, 0.3) is 0 Å². The summed E-state index contributed by atoms with van der Waals surface area (Å²) < 4.78 is 4.91. The van der Waals surface area contributed by atoms with Gasteiger partial charge in [0.15, 0.2) is 0 Å². The third-order valence-corrected chi connectivity index (χ3v) is 2.82. The largest absolute Gasteiger partial charge is 0.490 e. The predicted octanol–water partition coefficient (Wildman–Crippen LogP) is 1.59. The van der Waals surface area contributed by atoms with E-state index in [9.17, 15) is 19.7 Å². The number of nitro benzene ring substituents is 1. The van der Waals surface area contributed by atoms with Crippen LogP contribution in [0.15, 0.2) is 18.2 Å². The van der Waals surface area contributed by atoms with E-state index in [2.05, 4.69) is 5.32 Å². The molecule has 1 unspecified atom stereocenters. The zero-order chi connectivity index (χ0) is 16.0. The lowest BCUT2D eigenvalue weighted by molar-refractivity contribution is -0.385. The van der Waals surface area contributed by atoms with Crippen LogP contribution in [0, 0.1) is 10.1 Å². The molecule has 1 amide bonds. The molecule has 8 heteroatoms. The van der Waals surface area contributed by atoms with Crippen molar-refractivity contribution in [2.75, 3.05) is 7.11 Å². The second-order valence-electron chi connectivity index (χ2n) is 4.27. The SMILES string of the molecule is CCCC(NC(=O)c1cccc([N+](=O)[O-])c1OC)C(=O)O. The van der Waals surface area contributed by atoms with Gasteiger partial charge in [0, 0.05) is 6.07 Å². The normalized spacial score (nSPS) is 11.5. The summed E-state index contributed by atoms with van der Waals surface area (Å²) in [5, 5.41) is 22.2. The number of hydrogen-bond donors (Lipinski definition) is 2. The van der Waals surface area contributed by atoms with Crippen LogP contribution in [0.5, 0.6) is 5.75 Å². The summed E-state index contributed by atoms with van der Waals surface area (Å²) in [5.74, 6) is -2.08. The lowest BCUT2D eigenvalue weighted by Crippen LogP contribution is -2.40. The van der Waals surface area contributed by atoms with Gasteiger partial charge in [-0.05, 0) is 12.5 Å². The molecule has 8 nitrogen and oxygen atoms in total. The van der Waals surface area contributed by atoms with Crippen LogP contribution in [-0.2, 0) is 4.79 Å². The van der Waals surface area contributed by atoms with Gasteiger partial charge in [-0.25, -0.2) is 4.79 Å². The fourth-order valence-electron chi connectivity index (χ4n) is 1.84. The fraction of sp³-hybridized carbons (Fsp3) is 0.385. The Balaban J connectivity index is 3.09. The smallest absolute Gasteiger partial charge is 0.326 e. The number of methoxy groups -OCH3 is 1. The number of hydrogen-bond acceptors (Lipinski definition) is 5. The average Bonchev–Trinajstić information content (AvgIpc) is 2.45. The van der Waals surface area contributed by atoms with Crippen molar-refractivity contribution in [3.63, 3.8) is 0 Å². The molecule has 2 N–H and O–H groups in total. The number of carboxylic acid groups (broad SMARTS) is 1. The zero-order valence-electron chi connectivity index (χ0n) is 11.7. The molecule has 0 spiro atoms. The van der Waals surface area contributed by atoms with Gasteiger partial charge in [-0.2, -0.15) is 0 Å². The van der Waals surface area contributed by atoms with Gasteiger partial charge >= 0.3 is 11.7 Å². The van der Waals surface area contributed by atoms with E-state index < -0.39 is 22.8 Å². The number of aliphatic carboxylic acids is 1. The molecule has 1 aromatic carbocycles. The van der Waals surface area contributed by atoms with Gasteiger partial charge in [0.2, 0.25) is 5.75 Å². The van der Waals surface area contributed by atoms with Crippen LogP contribution in [0.4, 0.5) is 5.69 Å². The number of para-hydroxylation sites is 1. The topological polar surface area (TPSA) is 119 Å². The summed E-state index contributed by atoms with van der Waals surface area (Å²) in [5.41, 5.74) is -0.429. The molecule has 1 atom stereocenters. The van der Waals surface area contributed by atoms with Crippen molar-refractivity contribution < 1.29 is 24.4 Å². The minimum atomic E-state index is -1.16. The van der Waals surface area contributed by atoms with E-state index >= 15 is 0 Å². The molecule has 0 aliphatic carbocycles. The maximum absolute atomic E-state index is 12.1. The molecule has 21 heavy (non-hydrogen) atoms. The van der Waals surface area contributed by atoms with E-state index in [-0.39, 0.29) is 23.4 Å². The number of rotatable bonds is 7. The second-order valence-corrected chi connectivity index (χ2v) is 4.27. The lowest BCUT2D eigenvalue weighted by atomic mass is 10.1. The summed E-state index contributed by atoms with van der Waals surface area (Å²) in [7, 11) is 1.21. The van der Waals surface area contributed by atoms with E-state index in [1.165, 1.54) is 25.3 Å². The van der Waals surface area contributed by atoms with E-state index in [1.807, 2.05) is 0 Å². The first-order valence-corrected chi connectivity index (χ1v) is 6.27. The summed E-state index contributed by atoms with van der Waals surface area (Å²) in [6.07, 6.45) is 0.835. The van der Waals surface area contributed by atoms with Crippen molar-refractivity contribution in [3.05, 3.63) is 33.9 Å². The highest BCUT2D eigenvalue weighted by Gasteiger charge is 2.25. The molecular weight excluding hydrogens is 280 g/mol. The minimum absolute atomic E-state index is 0.0750. The number of carbonyl (C=O) groups excluding carboxylic acids is 1. The molecule has 0 saturated heterocycles. The summed E-state index contributed by atoms with van der Waals surface area (Å²) in [4.78, 5) is 33.4. The Hall–Kier alpha value is -2.64. The van der Waals surface area contributed by atoms with E-state index in [4.69, 9.17) is 9.84 Å². The lowest BCUT2D eigenvalue weighted by Gasteiger charge is -2.14. The van der Waals surface area contributed by atoms with Crippen LogP contribution in [-0.4, -0.2) is 35.1 Å². The second kappa shape index (κ2) is 7.22. The Kier molecular flexibility index (Phi) is 5.65. The highest BCUT2D eigenvalue weighted by atomic mass is 16.6. The van der Waals surface area contributed by atoms with Crippen molar-refractivity contribution in [2.24, 2.45) is 0 Å². The van der Waals surface area contributed by atoms with Gasteiger partial charge in [0.05, 0.1) is 17.6 Å². The molecular formula is C13H16N2O6. The minimum Gasteiger partial charge on any atom is -0.490 e. The molecule has 0 aliphatic heterocycles. The fourth-order valence-corrected chi connectivity index (χ4v) is 1.84. The van der Waals surface area contributed by atoms with Crippen molar-refractivity contribution >= 4 is 17.6 Å². The van der Waals surface area contributed by atoms with Gasteiger partial charge in [-0.15, -0.1) is 0 Å². The van der Waals surface area contributed by atoms with Crippen LogP contribution < -0.4 is 10.1 Å². The first kappa shape index (κ1) is 16.4. The summed E-state index contributed by atoms with van der Waals surface area (Å²) >= 11 is 0. The van der Waals surface area contributed by atoms with E-state index in [1.54, 1.807) is 6.92 Å². The number of carboxylic acids is 1. The molecule has 0 heterocycles. The maximum atomic E-state index is 12.1. The molecule has 0 aromatic heterocycles. The number of amides is 1. The third-order valence-electron chi connectivity index (χ3n) is 2.82. The predicted molar refractivity (Wildman–Crippen MR) is 73.4 cm³/mol. The number of benzene rings is 1. The Morgan fingerprint density at radius 2 is 2.14 bits per heavy atom. The number of nitro groups is 1. The van der Waals surface area contributed by atoms with Gasteiger partial charge in [0.1, 0.15) is 6.04 Å². The highest BCUT2D eigenvalue weighted by molar-refractivity contribution is 6.00. The number of ether oxygens (including phenoxy) is 1. The van der Waals surface area contributed by atoms with Crippen LogP contribution >= 0.6 is 0 Å². The standard InChI is InChI=1S/C13H16N2O6/c1-3-5-9(13(17)18)14-12(16)8-6-4-7-10(15(19)20)11(8)21-2/h4,6-7,9H,3,5H2,1-2H3,(H,14,16)(H,17,18). The Morgan fingerprint density at radius 3 is 2.62 bits per heavy atom. The average molecular weight is 296 g/mol. The molecule has 0 aliphatic rings. The Morgan fingerprint density at radius 1 is 1.48 bits per heavy atom. The molecule has 114 valence electrons. The van der Waals surface area contributed by atoms with Crippen molar-refractivity contribution in [3.8, 4) is 5.75 Å². The Labute approximate surface area is 120 Å². The van der Waals surface area contributed by atoms with Crippen LogP contribution in [0.1, 0.15) is 30.1 Å². The van der Waals surface area contributed by atoms with Crippen molar-refractivity contribution in [1.29, 1.82) is 0 Å². The summed E-state index contributed by atoms with van der Waals surface area (Å²) in [6, 6.07) is 2.83. The van der Waals surface area contributed by atoms with Crippen LogP contribution in [0.2, 0.25) is 0 Å². The third kappa shape index (κ3) is 3.91. The Bertz CT molecular complexity index is 558. The molecule has 1 aromatic rings. The van der Waals surface area contributed by atoms with Crippen molar-refractivity contribution in [1.82, 2.24) is 5.32 Å². The van der Waals surface area contributed by atoms with Crippen molar-refractivity contribution in [2.45, 2.75) is 25.8 Å². The first-order chi connectivity index (χ1) is 9.92. The molecule has 0 bridgehead atoms. The molecule has 0 radical (unpaired) electrons. The number of nitrogens with zero attached hydrogens (tertiary/aromatic N) is 1. The quantitative estimate of drug-likeness (QED) is 0.582. The van der Waals surface area contributed by atoms with E-state index in [0.717, 1.165) is 0 Å². The highest BCUT2D eigenvalue weighted by Crippen LogP contribution is 2.30. The van der Waals surface area contributed by atoms with Gasteiger partial charge in [-0.3, -0.25) is 14.9 Å². The maximum Gasteiger partial charge on any atom is 0.326 e. The van der Waals surface area contributed by atoms with Gasteiger partial charge in [0.25, 0.3) is 5.91 Å². The van der Waals surface area contributed by atoms with Gasteiger partial charge < -0.3 is 15.2 Å². The zero-order valence-corrected chi connectivity index (χ0v) is 11.7. The summed E-state index contributed by atoms with van der Waals surface area (Å²) in [6.45, 7) is 1.79. The monoisotopic (exact) mass is 296 g/mol. The van der Waals surface area contributed by atoms with Gasteiger partial charge in [-0.1, -0.05) is 19.4 Å². The van der Waals surface area contributed by atoms with Crippen LogP contribution in [0.3, 0.4) is 0 Å². The number of carbonyl (C=O) groups is 2. The van der Waals surface area contributed by atoms with E-state index in [0.29, 0.717) is 6.42 Å². The molecule has 0 fully saturated rings. The molecule has 0 saturated carbocycles. The molecule has 1 rings (SSSR count).